The van der Waals surface area contributed by atoms with E-state index in [0.717, 1.165) is 0 Å². The maximum Gasteiger partial charge on any atom is 0.200 e. The molecule has 0 spiro atoms. The molecular weight excluding hydrogens is 343 g/mol. The lowest BCUT2D eigenvalue weighted by Gasteiger charge is -2.34. The Balaban J connectivity index is 1.72. The number of nitrogens with one attached hydrogen (secondary N) is 1. The molecule has 2 aromatic rings. The smallest absolute Gasteiger partial charge is 0.200 e. The number of phenols is 1. The summed E-state index contributed by atoms with van der Waals surface area (Å²) >= 11 is 0. The standard InChI is InChI=1S/C17H15F5N2O/c18-13-10(14(19)16(21)17(22)15(13)20)9-23-5-7-24(8-6-23)11-3-1-2-4-12(11)25/h1-4,25H,5-9H2/p+1. The van der Waals surface area contributed by atoms with Crippen molar-refractivity contribution in [2.24, 2.45) is 0 Å². The largest absolute Gasteiger partial charge is 0.506 e. The number of hydrogen-bond donors (Lipinski definition) is 2. The lowest BCUT2D eigenvalue weighted by Crippen LogP contribution is -3.13. The number of hydrogen-bond acceptors (Lipinski definition) is 2. The molecule has 1 fully saturated rings. The number of para-hydroxylation sites is 2. The van der Waals surface area contributed by atoms with Gasteiger partial charge in [0.25, 0.3) is 0 Å². The fourth-order valence-electron chi connectivity index (χ4n) is 3.03. The van der Waals surface area contributed by atoms with Crippen molar-refractivity contribution in [3.63, 3.8) is 0 Å². The predicted molar refractivity (Wildman–Crippen MR) is 81.0 cm³/mol. The molecule has 134 valence electrons. The molecular formula is C17H16F5N2O+. The molecule has 3 rings (SSSR count). The van der Waals surface area contributed by atoms with E-state index in [-0.39, 0.29) is 12.3 Å². The first-order valence-corrected chi connectivity index (χ1v) is 7.77. The van der Waals surface area contributed by atoms with Crippen molar-refractivity contribution in [3.05, 3.63) is 58.9 Å². The second-order valence-corrected chi connectivity index (χ2v) is 5.95. The van der Waals surface area contributed by atoms with Gasteiger partial charge in [0.2, 0.25) is 5.82 Å². The van der Waals surface area contributed by atoms with Gasteiger partial charge < -0.3 is 14.9 Å². The van der Waals surface area contributed by atoms with Gasteiger partial charge >= 0.3 is 0 Å². The number of anilines is 1. The molecule has 1 aliphatic heterocycles. The van der Waals surface area contributed by atoms with Crippen LogP contribution in [-0.2, 0) is 6.54 Å². The summed E-state index contributed by atoms with van der Waals surface area (Å²) in [5.41, 5.74) is -0.139. The van der Waals surface area contributed by atoms with Gasteiger partial charge in [0, 0.05) is 0 Å². The third-order valence-electron chi connectivity index (χ3n) is 4.42. The minimum atomic E-state index is -2.14. The number of nitrogens with zero attached hydrogens (tertiary/aromatic N) is 1. The first-order valence-electron chi connectivity index (χ1n) is 7.77. The van der Waals surface area contributed by atoms with Gasteiger partial charge in [-0.3, -0.25) is 0 Å². The Morgan fingerprint density at radius 2 is 1.36 bits per heavy atom. The normalized spacial score (nSPS) is 15.6. The summed E-state index contributed by atoms with van der Waals surface area (Å²) in [5.74, 6) is -9.38. The highest BCUT2D eigenvalue weighted by Gasteiger charge is 2.30. The molecule has 2 aromatic carbocycles. The Kier molecular flexibility index (Phi) is 4.80. The van der Waals surface area contributed by atoms with Crippen LogP contribution < -0.4 is 9.80 Å². The SMILES string of the molecule is Oc1ccccc1N1CC[NH+](Cc2c(F)c(F)c(F)c(F)c2F)CC1. The van der Waals surface area contributed by atoms with Crippen LogP contribution in [0.2, 0.25) is 0 Å². The molecule has 3 nitrogen and oxygen atoms in total. The highest BCUT2D eigenvalue weighted by atomic mass is 19.2. The van der Waals surface area contributed by atoms with Crippen LogP contribution in [0.5, 0.6) is 5.75 Å². The zero-order valence-electron chi connectivity index (χ0n) is 13.1. The quantitative estimate of drug-likeness (QED) is 0.499. The minimum Gasteiger partial charge on any atom is -0.506 e. The summed E-state index contributed by atoms with van der Waals surface area (Å²) in [7, 11) is 0. The molecule has 0 amide bonds. The molecule has 0 saturated carbocycles. The second-order valence-electron chi connectivity index (χ2n) is 5.95. The Labute approximate surface area is 140 Å². The van der Waals surface area contributed by atoms with Gasteiger partial charge in [0.05, 0.1) is 37.4 Å². The second kappa shape index (κ2) is 6.87. The van der Waals surface area contributed by atoms with Crippen molar-refractivity contribution in [1.82, 2.24) is 0 Å². The maximum atomic E-state index is 13.8. The Bertz CT molecular complexity index is 762. The lowest BCUT2D eigenvalue weighted by molar-refractivity contribution is -0.914. The highest BCUT2D eigenvalue weighted by molar-refractivity contribution is 5.57. The van der Waals surface area contributed by atoms with Gasteiger partial charge in [-0.25, -0.2) is 22.0 Å². The maximum absolute atomic E-state index is 13.8. The molecule has 0 atom stereocenters. The van der Waals surface area contributed by atoms with Gasteiger partial charge in [-0.1, -0.05) is 12.1 Å². The molecule has 8 heteroatoms. The van der Waals surface area contributed by atoms with Crippen molar-refractivity contribution >= 4 is 5.69 Å². The van der Waals surface area contributed by atoms with E-state index in [1.54, 1.807) is 24.3 Å². The number of rotatable bonds is 3. The summed E-state index contributed by atoms with van der Waals surface area (Å²) in [6, 6.07) is 6.79. The van der Waals surface area contributed by atoms with E-state index in [4.69, 9.17) is 0 Å². The number of benzene rings is 2. The van der Waals surface area contributed by atoms with E-state index < -0.39 is 34.6 Å². The van der Waals surface area contributed by atoms with Gasteiger partial charge in [-0.2, -0.15) is 0 Å². The van der Waals surface area contributed by atoms with Crippen LogP contribution in [0.3, 0.4) is 0 Å². The summed E-state index contributed by atoms with van der Waals surface area (Å²) in [6.45, 7) is 1.56. The summed E-state index contributed by atoms with van der Waals surface area (Å²) < 4.78 is 67.2. The number of halogens is 5. The Morgan fingerprint density at radius 3 is 1.92 bits per heavy atom. The molecule has 1 saturated heterocycles. The van der Waals surface area contributed by atoms with Crippen LogP contribution in [0.1, 0.15) is 5.56 Å². The molecule has 2 N–H and O–H groups in total. The number of piperazine rings is 1. The third-order valence-corrected chi connectivity index (χ3v) is 4.42. The fraction of sp³-hybridized carbons (Fsp3) is 0.294. The molecule has 1 aliphatic rings. The van der Waals surface area contributed by atoms with Gasteiger partial charge in [0.15, 0.2) is 23.3 Å². The minimum absolute atomic E-state index is 0.130. The topological polar surface area (TPSA) is 27.9 Å². The molecule has 25 heavy (non-hydrogen) atoms. The van der Waals surface area contributed by atoms with Crippen molar-refractivity contribution in [1.29, 1.82) is 0 Å². The number of aromatic hydroxyl groups is 1. The van der Waals surface area contributed by atoms with Crippen molar-refractivity contribution < 1.29 is 32.0 Å². The van der Waals surface area contributed by atoms with Crippen molar-refractivity contribution in [2.75, 3.05) is 31.1 Å². The van der Waals surface area contributed by atoms with Gasteiger partial charge in [0.1, 0.15) is 12.3 Å². The highest BCUT2D eigenvalue weighted by Crippen LogP contribution is 2.26. The lowest BCUT2D eigenvalue weighted by atomic mass is 10.1. The van der Waals surface area contributed by atoms with Crippen LogP contribution in [0, 0.1) is 29.1 Å². The van der Waals surface area contributed by atoms with E-state index >= 15 is 0 Å². The van der Waals surface area contributed by atoms with Gasteiger partial charge in [-0.05, 0) is 12.1 Å². The van der Waals surface area contributed by atoms with Crippen molar-refractivity contribution in [2.45, 2.75) is 6.54 Å². The molecule has 0 bridgehead atoms. The van der Waals surface area contributed by atoms with Gasteiger partial charge in [-0.15, -0.1) is 0 Å². The molecule has 0 unspecified atom stereocenters. The number of quaternary nitrogens is 1. The summed E-state index contributed by atoms with van der Waals surface area (Å²) in [4.78, 5) is 2.62. The fourth-order valence-corrected chi connectivity index (χ4v) is 3.03. The van der Waals surface area contributed by atoms with E-state index in [0.29, 0.717) is 36.8 Å². The molecule has 0 radical (unpaired) electrons. The van der Waals surface area contributed by atoms with Crippen LogP contribution >= 0.6 is 0 Å². The predicted octanol–water partition coefficient (Wildman–Crippen LogP) is 1.99. The average Bonchev–Trinajstić information content (AvgIpc) is 2.63. The molecule has 0 aliphatic carbocycles. The van der Waals surface area contributed by atoms with E-state index in [2.05, 4.69) is 0 Å². The van der Waals surface area contributed by atoms with E-state index in [1.165, 1.54) is 0 Å². The van der Waals surface area contributed by atoms with Crippen LogP contribution in [-0.4, -0.2) is 31.3 Å². The zero-order valence-corrected chi connectivity index (χ0v) is 13.1. The Hall–Kier alpha value is -2.35. The molecule has 1 heterocycles. The van der Waals surface area contributed by atoms with Crippen LogP contribution in [0.25, 0.3) is 0 Å². The zero-order chi connectivity index (χ0) is 18.1. The van der Waals surface area contributed by atoms with E-state index in [1.807, 2.05) is 4.90 Å². The summed E-state index contributed by atoms with van der Waals surface area (Å²) in [6.07, 6.45) is 0. The number of phenolic OH excluding ortho intramolecular Hbond substituents is 1. The monoisotopic (exact) mass is 359 g/mol. The van der Waals surface area contributed by atoms with Crippen molar-refractivity contribution in [3.8, 4) is 5.75 Å². The first kappa shape index (κ1) is 17.5. The van der Waals surface area contributed by atoms with Crippen LogP contribution in [0.15, 0.2) is 24.3 Å². The van der Waals surface area contributed by atoms with Crippen LogP contribution in [0.4, 0.5) is 27.6 Å². The average molecular weight is 359 g/mol. The van der Waals surface area contributed by atoms with E-state index in [9.17, 15) is 27.1 Å². The molecule has 0 aromatic heterocycles. The summed E-state index contributed by atoms with van der Waals surface area (Å²) in [5, 5.41) is 9.86. The first-order chi connectivity index (χ1) is 11.9. The third kappa shape index (κ3) is 3.26. The Morgan fingerprint density at radius 1 is 0.840 bits per heavy atom.